The Hall–Kier alpha value is -1.61. The lowest BCUT2D eigenvalue weighted by atomic mass is 9.85. The van der Waals surface area contributed by atoms with Gasteiger partial charge in [-0.2, -0.15) is 0 Å². The van der Waals surface area contributed by atoms with Crippen molar-refractivity contribution in [3.8, 4) is 11.3 Å². The molecule has 0 bridgehead atoms. The van der Waals surface area contributed by atoms with E-state index < -0.39 is 0 Å². The Morgan fingerprint density at radius 2 is 2.00 bits per heavy atom. The molecule has 0 saturated heterocycles. The minimum absolute atomic E-state index is 0.131. The second-order valence-corrected chi connectivity index (χ2v) is 5.94. The summed E-state index contributed by atoms with van der Waals surface area (Å²) in [5.41, 5.74) is 10.2. The largest absolute Gasteiger partial charge is 0.448 e. The minimum Gasteiger partial charge on any atom is -0.448 e. The first kappa shape index (κ1) is 13.8. The van der Waals surface area contributed by atoms with Crippen molar-refractivity contribution in [2.75, 3.05) is 6.54 Å². The van der Waals surface area contributed by atoms with E-state index in [1.807, 2.05) is 0 Å². The van der Waals surface area contributed by atoms with Crippen LogP contribution in [0.5, 0.6) is 0 Å². The summed E-state index contributed by atoms with van der Waals surface area (Å²) in [4.78, 5) is 4.51. The van der Waals surface area contributed by atoms with Crippen LogP contribution in [0.15, 0.2) is 28.9 Å². The van der Waals surface area contributed by atoms with Crippen LogP contribution in [0.25, 0.3) is 11.3 Å². The molecule has 2 rings (SSSR count). The van der Waals surface area contributed by atoms with Crippen molar-refractivity contribution in [3.05, 3.63) is 41.5 Å². The van der Waals surface area contributed by atoms with Gasteiger partial charge in [-0.05, 0) is 29.5 Å². The van der Waals surface area contributed by atoms with Crippen LogP contribution >= 0.6 is 0 Å². The standard InChI is InChI=1S/C16H22N2O/c1-11-5-6-12(16(2,3)4)9-13(11)14-10-19-15(18-14)7-8-17/h5-6,9-10H,7-8,17H2,1-4H3. The fourth-order valence-corrected chi connectivity index (χ4v) is 2.04. The van der Waals surface area contributed by atoms with Crippen LogP contribution in [0, 0.1) is 6.92 Å². The molecule has 1 heterocycles. The van der Waals surface area contributed by atoms with E-state index in [0.717, 1.165) is 11.3 Å². The van der Waals surface area contributed by atoms with Crippen LogP contribution in [-0.2, 0) is 11.8 Å². The highest BCUT2D eigenvalue weighted by atomic mass is 16.3. The summed E-state index contributed by atoms with van der Waals surface area (Å²) >= 11 is 0. The first-order valence-electron chi connectivity index (χ1n) is 6.68. The highest BCUT2D eigenvalue weighted by Gasteiger charge is 2.16. The SMILES string of the molecule is Cc1ccc(C(C)(C)C)cc1-c1coc(CCN)n1. The van der Waals surface area contributed by atoms with Gasteiger partial charge in [-0.25, -0.2) is 4.98 Å². The van der Waals surface area contributed by atoms with Crippen molar-refractivity contribution in [2.24, 2.45) is 5.73 Å². The monoisotopic (exact) mass is 258 g/mol. The highest BCUT2D eigenvalue weighted by molar-refractivity contribution is 5.64. The first-order chi connectivity index (χ1) is 8.91. The smallest absolute Gasteiger partial charge is 0.195 e. The Kier molecular flexibility index (Phi) is 3.76. The summed E-state index contributed by atoms with van der Waals surface area (Å²) < 4.78 is 5.45. The molecular formula is C16H22N2O. The molecule has 2 aromatic rings. The molecule has 3 nitrogen and oxygen atoms in total. The molecule has 1 aromatic heterocycles. The maximum absolute atomic E-state index is 5.52. The third-order valence-corrected chi connectivity index (χ3v) is 3.29. The van der Waals surface area contributed by atoms with Gasteiger partial charge in [0.15, 0.2) is 5.89 Å². The summed E-state index contributed by atoms with van der Waals surface area (Å²) in [5, 5.41) is 0. The lowest BCUT2D eigenvalue weighted by Gasteiger charge is -2.20. The third-order valence-electron chi connectivity index (χ3n) is 3.29. The predicted octanol–water partition coefficient (Wildman–Crippen LogP) is 3.45. The number of aryl methyl sites for hydroxylation is 1. The minimum atomic E-state index is 0.131. The van der Waals surface area contributed by atoms with E-state index >= 15 is 0 Å². The molecule has 3 heteroatoms. The van der Waals surface area contributed by atoms with Crippen LogP contribution in [-0.4, -0.2) is 11.5 Å². The van der Waals surface area contributed by atoms with Crippen LogP contribution in [0.4, 0.5) is 0 Å². The van der Waals surface area contributed by atoms with Crippen molar-refractivity contribution in [1.29, 1.82) is 0 Å². The zero-order valence-corrected chi connectivity index (χ0v) is 12.2. The molecule has 0 atom stereocenters. The molecule has 0 spiro atoms. The summed E-state index contributed by atoms with van der Waals surface area (Å²) in [6.45, 7) is 9.29. The van der Waals surface area contributed by atoms with Gasteiger partial charge in [0.2, 0.25) is 0 Å². The van der Waals surface area contributed by atoms with E-state index in [2.05, 4.69) is 50.9 Å². The quantitative estimate of drug-likeness (QED) is 0.917. The third kappa shape index (κ3) is 3.04. The second kappa shape index (κ2) is 5.17. The van der Waals surface area contributed by atoms with Crippen LogP contribution < -0.4 is 5.73 Å². The molecule has 0 aliphatic rings. The molecule has 0 saturated carbocycles. The Morgan fingerprint density at radius 1 is 1.26 bits per heavy atom. The molecular weight excluding hydrogens is 236 g/mol. The van der Waals surface area contributed by atoms with E-state index in [-0.39, 0.29) is 5.41 Å². The number of hydrogen-bond donors (Lipinski definition) is 1. The Balaban J connectivity index is 2.42. The van der Waals surface area contributed by atoms with Crippen molar-refractivity contribution in [2.45, 2.75) is 39.5 Å². The average Bonchev–Trinajstić information content (AvgIpc) is 2.77. The van der Waals surface area contributed by atoms with Crippen LogP contribution in [0.2, 0.25) is 0 Å². The predicted molar refractivity (Wildman–Crippen MR) is 78.1 cm³/mol. The summed E-state index contributed by atoms with van der Waals surface area (Å²) in [6.07, 6.45) is 2.40. The van der Waals surface area contributed by atoms with Gasteiger partial charge < -0.3 is 10.2 Å². The second-order valence-electron chi connectivity index (χ2n) is 5.94. The topological polar surface area (TPSA) is 52.0 Å². The maximum atomic E-state index is 5.52. The number of nitrogens with two attached hydrogens (primary N) is 1. The van der Waals surface area contributed by atoms with Gasteiger partial charge in [-0.15, -0.1) is 0 Å². The van der Waals surface area contributed by atoms with E-state index in [4.69, 9.17) is 10.2 Å². The molecule has 0 aliphatic heterocycles. The number of hydrogen-bond acceptors (Lipinski definition) is 3. The summed E-state index contributed by atoms with van der Waals surface area (Å²) in [6, 6.07) is 6.53. The zero-order valence-electron chi connectivity index (χ0n) is 12.2. The molecule has 2 N–H and O–H groups in total. The molecule has 102 valence electrons. The van der Waals surface area contributed by atoms with Gasteiger partial charge in [-0.1, -0.05) is 32.9 Å². The number of benzene rings is 1. The zero-order chi connectivity index (χ0) is 14.0. The van der Waals surface area contributed by atoms with Gasteiger partial charge in [0.25, 0.3) is 0 Å². The normalized spacial score (nSPS) is 11.8. The Bertz CT molecular complexity index is 564. The first-order valence-corrected chi connectivity index (χ1v) is 6.68. The van der Waals surface area contributed by atoms with Crippen molar-refractivity contribution >= 4 is 0 Å². The van der Waals surface area contributed by atoms with Crippen LogP contribution in [0.1, 0.15) is 37.8 Å². The van der Waals surface area contributed by atoms with Gasteiger partial charge in [-0.3, -0.25) is 0 Å². The van der Waals surface area contributed by atoms with E-state index in [9.17, 15) is 0 Å². The van der Waals surface area contributed by atoms with Crippen molar-refractivity contribution < 1.29 is 4.42 Å². The lowest BCUT2D eigenvalue weighted by Crippen LogP contribution is -2.11. The Morgan fingerprint density at radius 3 is 2.63 bits per heavy atom. The van der Waals surface area contributed by atoms with Gasteiger partial charge in [0.05, 0.1) is 0 Å². The lowest BCUT2D eigenvalue weighted by molar-refractivity contribution is 0.496. The Labute approximate surface area is 114 Å². The molecule has 1 aromatic carbocycles. The van der Waals surface area contributed by atoms with Gasteiger partial charge in [0, 0.05) is 18.5 Å². The van der Waals surface area contributed by atoms with Crippen LogP contribution in [0.3, 0.4) is 0 Å². The molecule has 0 fully saturated rings. The van der Waals surface area contributed by atoms with Gasteiger partial charge in [0.1, 0.15) is 12.0 Å². The fourth-order valence-electron chi connectivity index (χ4n) is 2.04. The molecule has 0 radical (unpaired) electrons. The van der Waals surface area contributed by atoms with E-state index in [1.54, 1.807) is 6.26 Å². The fraction of sp³-hybridized carbons (Fsp3) is 0.438. The number of aromatic nitrogens is 1. The summed E-state index contributed by atoms with van der Waals surface area (Å²) in [5.74, 6) is 0.707. The van der Waals surface area contributed by atoms with Crippen molar-refractivity contribution in [1.82, 2.24) is 4.98 Å². The average molecular weight is 258 g/mol. The number of oxazole rings is 1. The molecule has 0 unspecified atom stereocenters. The highest BCUT2D eigenvalue weighted by Crippen LogP contribution is 2.29. The molecule has 19 heavy (non-hydrogen) atoms. The molecule has 0 aliphatic carbocycles. The van der Waals surface area contributed by atoms with Gasteiger partial charge >= 0.3 is 0 Å². The number of nitrogens with zero attached hydrogens (tertiary/aromatic N) is 1. The number of rotatable bonds is 3. The maximum Gasteiger partial charge on any atom is 0.195 e. The molecule has 0 amide bonds. The summed E-state index contributed by atoms with van der Waals surface area (Å²) in [7, 11) is 0. The van der Waals surface area contributed by atoms with E-state index in [1.165, 1.54) is 11.1 Å². The van der Waals surface area contributed by atoms with Crippen molar-refractivity contribution in [3.63, 3.8) is 0 Å². The van der Waals surface area contributed by atoms with E-state index in [0.29, 0.717) is 18.9 Å².